The lowest BCUT2D eigenvalue weighted by molar-refractivity contribution is -0.0361. The van der Waals surface area contributed by atoms with E-state index in [1.165, 1.54) is 0 Å². The SMILES string of the molecule is NC(=O)OCc1cc(NC2CCC(F)(F)CC2)nc(-n2ccc(C3CC3)n2)n1. The van der Waals surface area contributed by atoms with Gasteiger partial charge >= 0.3 is 6.09 Å². The maximum atomic E-state index is 13.4. The van der Waals surface area contributed by atoms with Crippen molar-refractivity contribution in [3.05, 3.63) is 29.7 Å². The van der Waals surface area contributed by atoms with Crippen LogP contribution in [0, 0.1) is 0 Å². The van der Waals surface area contributed by atoms with Gasteiger partial charge in [-0.1, -0.05) is 0 Å². The molecule has 0 spiro atoms. The van der Waals surface area contributed by atoms with Gasteiger partial charge in [0.1, 0.15) is 12.4 Å². The second-order valence-corrected chi connectivity index (χ2v) is 7.39. The molecule has 2 aromatic rings. The first kappa shape index (κ1) is 18.6. The number of carbonyl (C=O) groups excluding carboxylic acids is 1. The van der Waals surface area contributed by atoms with Gasteiger partial charge in [-0.2, -0.15) is 10.1 Å². The van der Waals surface area contributed by atoms with Crippen LogP contribution in [0.2, 0.25) is 0 Å². The van der Waals surface area contributed by atoms with Gasteiger partial charge in [0.2, 0.25) is 5.92 Å². The number of hydrogen-bond acceptors (Lipinski definition) is 6. The van der Waals surface area contributed by atoms with Crippen LogP contribution < -0.4 is 11.1 Å². The Morgan fingerprint density at radius 1 is 1.29 bits per heavy atom. The Morgan fingerprint density at radius 3 is 2.71 bits per heavy atom. The number of primary amides is 1. The molecule has 1 amide bonds. The molecule has 0 radical (unpaired) electrons. The van der Waals surface area contributed by atoms with Crippen molar-refractivity contribution >= 4 is 11.9 Å². The molecule has 4 rings (SSSR count). The predicted octanol–water partition coefficient (Wildman–Crippen LogP) is 3.12. The third-order valence-corrected chi connectivity index (χ3v) is 5.01. The van der Waals surface area contributed by atoms with Gasteiger partial charge < -0.3 is 15.8 Å². The van der Waals surface area contributed by atoms with Gasteiger partial charge in [0, 0.05) is 37.1 Å². The predicted molar refractivity (Wildman–Crippen MR) is 96.3 cm³/mol. The summed E-state index contributed by atoms with van der Waals surface area (Å²) in [6, 6.07) is 3.46. The molecule has 150 valence electrons. The van der Waals surface area contributed by atoms with Crippen LogP contribution in [0.25, 0.3) is 5.95 Å². The lowest BCUT2D eigenvalue weighted by atomic mass is 9.92. The number of nitrogens with one attached hydrogen (secondary N) is 1. The number of anilines is 1. The highest BCUT2D eigenvalue weighted by Crippen LogP contribution is 2.39. The van der Waals surface area contributed by atoms with Crippen molar-refractivity contribution in [2.45, 2.75) is 63.0 Å². The normalized spacial score (nSPS) is 19.4. The number of carbonyl (C=O) groups is 1. The molecule has 0 saturated heterocycles. The second-order valence-electron chi connectivity index (χ2n) is 7.39. The zero-order valence-electron chi connectivity index (χ0n) is 15.3. The van der Waals surface area contributed by atoms with E-state index in [0.717, 1.165) is 18.5 Å². The van der Waals surface area contributed by atoms with E-state index >= 15 is 0 Å². The third kappa shape index (κ3) is 4.55. The van der Waals surface area contributed by atoms with Gasteiger partial charge in [0.15, 0.2) is 0 Å². The summed E-state index contributed by atoms with van der Waals surface area (Å²) in [5.41, 5.74) is 6.47. The van der Waals surface area contributed by atoms with Crippen LogP contribution in [0.4, 0.5) is 19.4 Å². The number of rotatable bonds is 6. The molecule has 0 bridgehead atoms. The Kier molecular flexibility index (Phi) is 4.86. The van der Waals surface area contributed by atoms with Crippen LogP contribution >= 0.6 is 0 Å². The van der Waals surface area contributed by atoms with Gasteiger partial charge in [-0.15, -0.1) is 0 Å². The fraction of sp³-hybridized carbons (Fsp3) is 0.556. The van der Waals surface area contributed by atoms with Crippen molar-refractivity contribution in [3.63, 3.8) is 0 Å². The van der Waals surface area contributed by atoms with E-state index in [-0.39, 0.29) is 25.5 Å². The van der Waals surface area contributed by atoms with Gasteiger partial charge in [0.05, 0.1) is 11.4 Å². The maximum Gasteiger partial charge on any atom is 0.404 e. The molecule has 2 saturated carbocycles. The molecule has 3 N–H and O–H groups in total. The summed E-state index contributed by atoms with van der Waals surface area (Å²) < 4.78 is 33.2. The summed E-state index contributed by atoms with van der Waals surface area (Å²) in [6.07, 6.45) is 3.55. The van der Waals surface area contributed by atoms with E-state index in [1.807, 2.05) is 6.07 Å². The van der Waals surface area contributed by atoms with E-state index in [1.54, 1.807) is 16.9 Å². The van der Waals surface area contributed by atoms with Crippen LogP contribution in [0.1, 0.15) is 55.8 Å². The molecule has 10 heteroatoms. The van der Waals surface area contributed by atoms with Crippen molar-refractivity contribution < 1.29 is 18.3 Å². The second kappa shape index (κ2) is 7.33. The molecule has 2 aliphatic rings. The molecule has 8 nitrogen and oxygen atoms in total. The highest BCUT2D eigenvalue weighted by Gasteiger charge is 2.35. The Balaban J connectivity index is 1.55. The van der Waals surface area contributed by atoms with E-state index in [2.05, 4.69) is 20.4 Å². The Hall–Kier alpha value is -2.78. The van der Waals surface area contributed by atoms with Crippen molar-refractivity contribution in [1.82, 2.24) is 19.7 Å². The smallest absolute Gasteiger partial charge is 0.404 e. The molecule has 2 heterocycles. The summed E-state index contributed by atoms with van der Waals surface area (Å²) in [5.74, 6) is -1.30. The summed E-state index contributed by atoms with van der Waals surface area (Å²) in [6.45, 7) is -0.112. The molecule has 28 heavy (non-hydrogen) atoms. The maximum absolute atomic E-state index is 13.4. The Bertz CT molecular complexity index is 858. The van der Waals surface area contributed by atoms with Crippen LogP contribution in [0.15, 0.2) is 18.3 Å². The fourth-order valence-electron chi connectivity index (χ4n) is 3.32. The lowest BCUT2D eigenvalue weighted by Gasteiger charge is -2.29. The van der Waals surface area contributed by atoms with Crippen molar-refractivity contribution in [1.29, 1.82) is 0 Å². The molecular formula is C18H22F2N6O2. The fourth-order valence-corrected chi connectivity index (χ4v) is 3.32. The average Bonchev–Trinajstić information content (AvgIpc) is 3.38. The van der Waals surface area contributed by atoms with Crippen molar-refractivity contribution in [3.8, 4) is 5.95 Å². The number of nitrogens with zero attached hydrogens (tertiary/aromatic N) is 4. The number of nitrogens with two attached hydrogens (primary N) is 1. The third-order valence-electron chi connectivity index (χ3n) is 5.01. The largest absolute Gasteiger partial charge is 0.443 e. The first-order valence-corrected chi connectivity index (χ1v) is 9.38. The molecule has 2 fully saturated rings. The minimum atomic E-state index is -2.59. The first-order chi connectivity index (χ1) is 13.4. The van der Waals surface area contributed by atoms with E-state index in [0.29, 0.717) is 36.2 Å². The molecule has 0 atom stereocenters. The lowest BCUT2D eigenvalue weighted by Crippen LogP contribution is -2.32. The Morgan fingerprint density at radius 2 is 2.04 bits per heavy atom. The number of hydrogen-bond donors (Lipinski definition) is 2. The zero-order chi connectivity index (χ0) is 19.7. The quantitative estimate of drug-likeness (QED) is 0.782. The monoisotopic (exact) mass is 392 g/mol. The highest BCUT2D eigenvalue weighted by molar-refractivity contribution is 5.64. The first-order valence-electron chi connectivity index (χ1n) is 9.38. The molecule has 0 unspecified atom stereocenters. The molecular weight excluding hydrogens is 370 g/mol. The standard InChI is InChI=1S/C18H22F2N6O2/c19-18(20)6-3-12(4-7-18)22-15-9-13(10-28-16(21)27)23-17(24-15)26-8-5-14(25-26)11-1-2-11/h5,8-9,11-12H,1-4,6-7,10H2,(H2,21,27)(H,22,23,24). The summed E-state index contributed by atoms with van der Waals surface area (Å²) >= 11 is 0. The number of aromatic nitrogens is 4. The minimum Gasteiger partial charge on any atom is -0.443 e. The van der Waals surface area contributed by atoms with E-state index < -0.39 is 12.0 Å². The highest BCUT2D eigenvalue weighted by atomic mass is 19.3. The summed E-state index contributed by atoms with van der Waals surface area (Å²) in [4.78, 5) is 19.8. The average molecular weight is 392 g/mol. The molecule has 2 aromatic heterocycles. The van der Waals surface area contributed by atoms with E-state index in [4.69, 9.17) is 10.5 Å². The van der Waals surface area contributed by atoms with Gasteiger partial charge in [-0.25, -0.2) is 23.2 Å². The molecule has 2 aliphatic carbocycles. The van der Waals surface area contributed by atoms with Crippen molar-refractivity contribution in [2.24, 2.45) is 5.73 Å². The van der Waals surface area contributed by atoms with Crippen molar-refractivity contribution in [2.75, 3.05) is 5.32 Å². The van der Waals surface area contributed by atoms with E-state index in [9.17, 15) is 13.6 Å². The zero-order valence-corrected chi connectivity index (χ0v) is 15.3. The van der Waals surface area contributed by atoms with Gasteiger partial charge in [-0.05, 0) is 31.7 Å². The Labute approximate surface area is 160 Å². The number of alkyl halides is 2. The minimum absolute atomic E-state index is 0.105. The molecule has 0 aliphatic heterocycles. The number of ether oxygens (including phenoxy) is 1. The summed E-state index contributed by atoms with van der Waals surface area (Å²) in [7, 11) is 0. The summed E-state index contributed by atoms with van der Waals surface area (Å²) in [5, 5.41) is 7.72. The van der Waals surface area contributed by atoms with Crippen LogP contribution in [-0.4, -0.2) is 37.8 Å². The van der Waals surface area contributed by atoms with Gasteiger partial charge in [-0.3, -0.25) is 0 Å². The molecule has 0 aromatic carbocycles. The van der Waals surface area contributed by atoms with Crippen LogP contribution in [0.5, 0.6) is 0 Å². The van der Waals surface area contributed by atoms with Crippen LogP contribution in [0.3, 0.4) is 0 Å². The number of halogens is 2. The van der Waals surface area contributed by atoms with Crippen LogP contribution in [-0.2, 0) is 11.3 Å². The van der Waals surface area contributed by atoms with Gasteiger partial charge in [0.25, 0.3) is 5.95 Å². The number of amides is 1. The topological polar surface area (TPSA) is 108 Å².